The van der Waals surface area contributed by atoms with Crippen LogP contribution in [0.2, 0.25) is 0 Å². The van der Waals surface area contributed by atoms with Crippen molar-refractivity contribution in [2.24, 2.45) is 0 Å². The lowest BCUT2D eigenvalue weighted by Gasteiger charge is -2.35. The molecule has 1 aliphatic rings. The van der Waals surface area contributed by atoms with E-state index in [1.54, 1.807) is 12.1 Å². The van der Waals surface area contributed by atoms with Crippen LogP contribution in [-0.2, 0) is 6.18 Å². The van der Waals surface area contributed by atoms with Crippen molar-refractivity contribution in [3.05, 3.63) is 59.3 Å². The van der Waals surface area contributed by atoms with Crippen LogP contribution in [0.15, 0.2) is 41.0 Å². The maximum Gasteiger partial charge on any atom is 0.419 e. The second-order valence-corrected chi connectivity index (χ2v) is 5.41. The van der Waals surface area contributed by atoms with Gasteiger partial charge >= 0.3 is 6.18 Å². The topological polar surface area (TPSA) is 28.4 Å². The first-order valence-corrected chi connectivity index (χ1v) is 7.32. The van der Waals surface area contributed by atoms with Gasteiger partial charge in [0.15, 0.2) is 0 Å². The first kappa shape index (κ1) is 16.0. The molecular formula is C16H16F4N2O. The van der Waals surface area contributed by atoms with Crippen molar-refractivity contribution in [3.63, 3.8) is 0 Å². The van der Waals surface area contributed by atoms with Gasteiger partial charge in [-0.3, -0.25) is 4.90 Å². The smallest absolute Gasteiger partial charge is 0.419 e. The Morgan fingerprint density at radius 1 is 1.09 bits per heavy atom. The molecule has 0 amide bonds. The summed E-state index contributed by atoms with van der Waals surface area (Å²) in [5.41, 5.74) is -1.34. The molecular weight excluding hydrogens is 312 g/mol. The van der Waals surface area contributed by atoms with Gasteiger partial charge in [-0.25, -0.2) is 4.39 Å². The molecule has 1 N–H and O–H groups in total. The zero-order valence-corrected chi connectivity index (χ0v) is 12.2. The predicted octanol–water partition coefficient (Wildman–Crippen LogP) is 3.43. The number of hydrogen-bond donors (Lipinski definition) is 1. The number of halogens is 4. The summed E-state index contributed by atoms with van der Waals surface area (Å²) in [5.74, 6) is -0.885. The van der Waals surface area contributed by atoms with Gasteiger partial charge in [-0.1, -0.05) is 12.1 Å². The van der Waals surface area contributed by atoms with Crippen molar-refractivity contribution >= 4 is 0 Å². The fourth-order valence-electron chi connectivity index (χ4n) is 2.98. The molecule has 0 spiro atoms. The molecule has 124 valence electrons. The van der Waals surface area contributed by atoms with Crippen LogP contribution in [0.5, 0.6) is 0 Å². The van der Waals surface area contributed by atoms with Gasteiger partial charge in [0.2, 0.25) is 0 Å². The van der Waals surface area contributed by atoms with Crippen molar-refractivity contribution in [2.75, 3.05) is 26.2 Å². The first-order chi connectivity index (χ1) is 11.0. The molecule has 1 aromatic heterocycles. The quantitative estimate of drug-likeness (QED) is 0.875. The number of benzene rings is 1. The summed E-state index contributed by atoms with van der Waals surface area (Å²) < 4.78 is 59.4. The van der Waals surface area contributed by atoms with E-state index in [4.69, 9.17) is 4.42 Å². The van der Waals surface area contributed by atoms with Gasteiger partial charge in [-0.2, -0.15) is 13.2 Å². The standard InChI is InChI=1S/C16H16F4N2O/c17-12-4-1-3-11(14(12)16(18,19)20)15(13-5-2-10-23-13)22-8-6-21-7-9-22/h1-5,10,15,21H,6-9H2/t15-/m1/s1. The van der Waals surface area contributed by atoms with Crippen LogP contribution >= 0.6 is 0 Å². The molecule has 2 aromatic rings. The van der Waals surface area contributed by atoms with Gasteiger partial charge in [0.05, 0.1) is 17.9 Å². The highest BCUT2D eigenvalue weighted by Crippen LogP contribution is 2.40. The molecule has 0 aliphatic carbocycles. The van der Waals surface area contributed by atoms with E-state index in [0.29, 0.717) is 31.9 Å². The summed E-state index contributed by atoms with van der Waals surface area (Å²) in [6.45, 7) is 2.43. The van der Waals surface area contributed by atoms with Crippen LogP contribution in [0.4, 0.5) is 17.6 Å². The molecule has 3 nitrogen and oxygen atoms in total. The van der Waals surface area contributed by atoms with Gasteiger partial charge in [0, 0.05) is 26.2 Å². The summed E-state index contributed by atoms with van der Waals surface area (Å²) >= 11 is 0. The number of nitrogens with one attached hydrogen (secondary N) is 1. The van der Waals surface area contributed by atoms with E-state index in [0.717, 1.165) is 6.07 Å². The number of furan rings is 1. The Balaban J connectivity index is 2.12. The Labute approximate surface area is 130 Å². The zero-order chi connectivity index (χ0) is 16.4. The Bertz CT molecular complexity index is 649. The van der Waals surface area contributed by atoms with Crippen LogP contribution in [0, 0.1) is 5.82 Å². The Morgan fingerprint density at radius 2 is 1.83 bits per heavy atom. The van der Waals surface area contributed by atoms with E-state index >= 15 is 0 Å². The lowest BCUT2D eigenvalue weighted by Crippen LogP contribution is -2.45. The summed E-state index contributed by atoms with van der Waals surface area (Å²) in [6, 6.07) is 5.94. The van der Waals surface area contributed by atoms with Gasteiger partial charge in [0.1, 0.15) is 11.6 Å². The lowest BCUT2D eigenvalue weighted by atomic mass is 9.95. The van der Waals surface area contributed by atoms with Crippen LogP contribution in [0.3, 0.4) is 0 Å². The molecule has 2 heterocycles. The van der Waals surface area contributed by atoms with Crippen molar-refractivity contribution in [1.82, 2.24) is 10.2 Å². The number of piperazine rings is 1. The fourth-order valence-corrected chi connectivity index (χ4v) is 2.98. The average molecular weight is 328 g/mol. The molecule has 0 radical (unpaired) electrons. The van der Waals surface area contributed by atoms with Crippen molar-refractivity contribution in [1.29, 1.82) is 0 Å². The third kappa shape index (κ3) is 3.25. The summed E-state index contributed by atoms with van der Waals surface area (Å²) in [6.07, 6.45) is -3.35. The zero-order valence-electron chi connectivity index (χ0n) is 12.2. The summed E-state index contributed by atoms with van der Waals surface area (Å²) in [7, 11) is 0. The third-order valence-electron chi connectivity index (χ3n) is 3.95. The number of rotatable bonds is 3. The van der Waals surface area contributed by atoms with Crippen molar-refractivity contribution in [2.45, 2.75) is 12.2 Å². The first-order valence-electron chi connectivity index (χ1n) is 7.32. The maximum atomic E-state index is 13.9. The van der Waals surface area contributed by atoms with Gasteiger partial charge in [-0.05, 0) is 23.8 Å². The normalized spacial score (nSPS) is 18.1. The fraction of sp³-hybridized carbons (Fsp3) is 0.375. The van der Waals surface area contributed by atoms with E-state index in [9.17, 15) is 17.6 Å². The van der Waals surface area contributed by atoms with Crippen LogP contribution < -0.4 is 5.32 Å². The van der Waals surface area contributed by atoms with Crippen molar-refractivity contribution in [3.8, 4) is 0 Å². The second-order valence-electron chi connectivity index (χ2n) is 5.41. The molecule has 1 aromatic carbocycles. The highest BCUT2D eigenvalue weighted by atomic mass is 19.4. The van der Waals surface area contributed by atoms with E-state index in [-0.39, 0.29) is 5.56 Å². The minimum absolute atomic E-state index is 0.116. The second kappa shape index (κ2) is 6.33. The van der Waals surface area contributed by atoms with Crippen LogP contribution in [-0.4, -0.2) is 31.1 Å². The molecule has 1 fully saturated rings. The lowest BCUT2D eigenvalue weighted by molar-refractivity contribution is -0.141. The predicted molar refractivity (Wildman–Crippen MR) is 76.4 cm³/mol. The monoisotopic (exact) mass is 328 g/mol. The van der Waals surface area contributed by atoms with E-state index < -0.39 is 23.6 Å². The third-order valence-corrected chi connectivity index (χ3v) is 3.95. The van der Waals surface area contributed by atoms with Crippen LogP contribution in [0.25, 0.3) is 0 Å². The average Bonchev–Trinajstić information content (AvgIpc) is 3.01. The highest BCUT2D eigenvalue weighted by molar-refractivity contribution is 5.37. The van der Waals surface area contributed by atoms with Crippen LogP contribution in [0.1, 0.15) is 22.9 Å². The number of hydrogen-bond acceptors (Lipinski definition) is 3. The number of nitrogens with zero attached hydrogens (tertiary/aromatic N) is 1. The Hall–Kier alpha value is -1.86. The number of alkyl halides is 3. The summed E-state index contributed by atoms with van der Waals surface area (Å²) in [4.78, 5) is 1.87. The van der Waals surface area contributed by atoms with E-state index in [2.05, 4.69) is 5.32 Å². The molecule has 1 atom stereocenters. The van der Waals surface area contributed by atoms with E-state index in [1.807, 2.05) is 4.90 Å². The Morgan fingerprint density at radius 3 is 2.43 bits per heavy atom. The van der Waals surface area contributed by atoms with Gasteiger partial charge in [-0.15, -0.1) is 0 Å². The molecule has 1 aliphatic heterocycles. The summed E-state index contributed by atoms with van der Waals surface area (Å²) in [5, 5.41) is 3.15. The Kier molecular flexibility index (Phi) is 4.41. The largest absolute Gasteiger partial charge is 0.467 e. The molecule has 0 unspecified atom stereocenters. The SMILES string of the molecule is Fc1cccc([C@H](c2ccco2)N2CCNCC2)c1C(F)(F)F. The molecule has 3 rings (SSSR count). The molecule has 0 bridgehead atoms. The molecule has 23 heavy (non-hydrogen) atoms. The minimum Gasteiger partial charge on any atom is -0.467 e. The van der Waals surface area contributed by atoms with Gasteiger partial charge in [0.25, 0.3) is 0 Å². The molecule has 0 saturated carbocycles. The minimum atomic E-state index is -4.76. The highest BCUT2D eigenvalue weighted by Gasteiger charge is 2.40. The maximum absolute atomic E-state index is 13.9. The molecule has 1 saturated heterocycles. The van der Waals surface area contributed by atoms with Crippen molar-refractivity contribution < 1.29 is 22.0 Å². The van der Waals surface area contributed by atoms with E-state index in [1.165, 1.54) is 18.4 Å². The molecule has 7 heteroatoms. The van der Waals surface area contributed by atoms with Gasteiger partial charge < -0.3 is 9.73 Å².